The predicted octanol–water partition coefficient (Wildman–Crippen LogP) is 1.05. The Morgan fingerprint density at radius 3 is 2.57 bits per heavy atom. The van der Waals surface area contributed by atoms with Gasteiger partial charge in [0.15, 0.2) is 0 Å². The lowest BCUT2D eigenvalue weighted by atomic mass is 10.1. The fourth-order valence-corrected chi connectivity index (χ4v) is 3.11. The van der Waals surface area contributed by atoms with Gasteiger partial charge in [0.1, 0.15) is 0 Å². The van der Waals surface area contributed by atoms with Crippen LogP contribution >= 0.6 is 0 Å². The zero-order valence-electron chi connectivity index (χ0n) is 12.2. The van der Waals surface area contributed by atoms with Crippen molar-refractivity contribution in [3.05, 3.63) is 24.3 Å². The van der Waals surface area contributed by atoms with Crippen molar-refractivity contribution >= 4 is 21.6 Å². The number of carbonyl (C=O) groups is 1. The summed E-state index contributed by atoms with van der Waals surface area (Å²) >= 11 is 0. The molecule has 1 aromatic carbocycles. The molecule has 116 valence electrons. The Hall–Kier alpha value is -1.44. The van der Waals surface area contributed by atoms with E-state index in [9.17, 15) is 13.2 Å². The number of sulfonamides is 1. The number of nitrogens with two attached hydrogens (primary N) is 1. The molecule has 0 spiro atoms. The molecule has 0 unspecified atom stereocenters. The van der Waals surface area contributed by atoms with Crippen LogP contribution in [0.15, 0.2) is 29.2 Å². The molecule has 0 radical (unpaired) electrons. The first-order valence-electron chi connectivity index (χ1n) is 6.98. The minimum absolute atomic E-state index is 0.00782. The van der Waals surface area contributed by atoms with Crippen LogP contribution in [0.25, 0.3) is 0 Å². The van der Waals surface area contributed by atoms with E-state index in [0.717, 1.165) is 12.8 Å². The third kappa shape index (κ3) is 4.26. The quantitative estimate of drug-likeness (QED) is 0.731. The van der Waals surface area contributed by atoms with Crippen LogP contribution in [0.2, 0.25) is 0 Å². The zero-order valence-corrected chi connectivity index (χ0v) is 13.0. The van der Waals surface area contributed by atoms with E-state index in [2.05, 4.69) is 10.0 Å². The van der Waals surface area contributed by atoms with Crippen LogP contribution in [0.5, 0.6) is 0 Å². The van der Waals surface area contributed by atoms with Crippen molar-refractivity contribution < 1.29 is 13.2 Å². The third-order valence-corrected chi connectivity index (χ3v) is 4.85. The maximum absolute atomic E-state index is 12.1. The second kappa shape index (κ2) is 6.13. The van der Waals surface area contributed by atoms with E-state index in [4.69, 9.17) is 5.73 Å². The number of benzene rings is 1. The minimum Gasteiger partial charge on any atom is -0.325 e. The molecule has 1 amide bonds. The van der Waals surface area contributed by atoms with Gasteiger partial charge < -0.3 is 11.1 Å². The second-order valence-corrected chi connectivity index (χ2v) is 7.40. The summed E-state index contributed by atoms with van der Waals surface area (Å²) in [5.41, 5.74) is 6.19. The lowest BCUT2D eigenvalue weighted by molar-refractivity contribution is -0.118. The molecule has 0 heterocycles. The maximum Gasteiger partial charge on any atom is 0.241 e. The number of nitrogens with one attached hydrogen (secondary N) is 2. The van der Waals surface area contributed by atoms with Crippen LogP contribution in [0.3, 0.4) is 0 Å². The van der Waals surface area contributed by atoms with Gasteiger partial charge in [-0.25, -0.2) is 13.1 Å². The van der Waals surface area contributed by atoms with Crippen molar-refractivity contribution in [1.29, 1.82) is 0 Å². The Labute approximate surface area is 125 Å². The molecule has 2 rings (SSSR count). The van der Waals surface area contributed by atoms with Crippen molar-refractivity contribution in [1.82, 2.24) is 4.72 Å². The molecule has 7 heteroatoms. The molecule has 21 heavy (non-hydrogen) atoms. The van der Waals surface area contributed by atoms with Crippen LogP contribution in [0.1, 0.15) is 26.7 Å². The first-order valence-corrected chi connectivity index (χ1v) is 8.47. The monoisotopic (exact) mass is 311 g/mol. The molecule has 1 aromatic rings. The van der Waals surface area contributed by atoms with Gasteiger partial charge in [-0.15, -0.1) is 0 Å². The molecule has 0 saturated heterocycles. The highest BCUT2D eigenvalue weighted by Crippen LogP contribution is 2.23. The van der Waals surface area contributed by atoms with E-state index < -0.39 is 16.1 Å². The number of hydrogen-bond donors (Lipinski definition) is 3. The highest BCUT2D eigenvalue weighted by molar-refractivity contribution is 7.89. The molecule has 1 saturated carbocycles. The van der Waals surface area contributed by atoms with Gasteiger partial charge in [0.25, 0.3) is 0 Å². The lowest BCUT2D eigenvalue weighted by Crippen LogP contribution is -2.39. The Balaban J connectivity index is 2.12. The van der Waals surface area contributed by atoms with Crippen LogP contribution in [0.4, 0.5) is 5.69 Å². The van der Waals surface area contributed by atoms with E-state index in [0.29, 0.717) is 5.69 Å². The van der Waals surface area contributed by atoms with E-state index in [1.165, 1.54) is 12.1 Å². The fourth-order valence-electron chi connectivity index (χ4n) is 1.76. The van der Waals surface area contributed by atoms with E-state index in [1.54, 1.807) is 12.1 Å². The first kappa shape index (κ1) is 15.9. The molecule has 1 aliphatic carbocycles. The van der Waals surface area contributed by atoms with Crippen LogP contribution in [-0.2, 0) is 14.8 Å². The van der Waals surface area contributed by atoms with Crippen molar-refractivity contribution in [2.45, 2.75) is 43.7 Å². The number of rotatable bonds is 6. The van der Waals surface area contributed by atoms with Gasteiger partial charge in [-0.2, -0.15) is 0 Å². The molecule has 0 bridgehead atoms. The molecule has 1 aliphatic rings. The van der Waals surface area contributed by atoms with Gasteiger partial charge >= 0.3 is 0 Å². The van der Waals surface area contributed by atoms with Gasteiger partial charge in [0.05, 0.1) is 10.9 Å². The summed E-state index contributed by atoms with van der Waals surface area (Å²) in [5, 5.41) is 2.65. The third-order valence-electron chi connectivity index (χ3n) is 3.33. The molecule has 1 atom stereocenters. The highest BCUT2D eigenvalue weighted by Gasteiger charge is 2.28. The molecular formula is C14H21N3O3S. The molecule has 0 aliphatic heterocycles. The minimum atomic E-state index is -3.52. The SMILES string of the molecule is CC(C)[C@H](N)C(=O)Nc1cccc(S(=O)(=O)NC2CC2)c1. The largest absolute Gasteiger partial charge is 0.325 e. The number of anilines is 1. The standard InChI is InChI=1S/C14H21N3O3S/c1-9(2)13(15)14(18)16-11-4-3-5-12(8-11)21(19,20)17-10-6-7-10/h3-5,8-10,13,17H,6-7,15H2,1-2H3,(H,16,18)/t13-/m0/s1. The van der Waals surface area contributed by atoms with Crippen LogP contribution in [-0.4, -0.2) is 26.4 Å². The van der Waals surface area contributed by atoms with E-state index in [1.807, 2.05) is 13.8 Å². The average molecular weight is 311 g/mol. The molecule has 6 nitrogen and oxygen atoms in total. The Bertz CT molecular complexity index is 624. The topological polar surface area (TPSA) is 101 Å². The maximum atomic E-state index is 12.1. The zero-order chi connectivity index (χ0) is 15.6. The molecule has 1 fully saturated rings. The summed E-state index contributed by atoms with van der Waals surface area (Å²) in [7, 11) is -3.52. The van der Waals surface area contributed by atoms with Gasteiger partial charge in [-0.05, 0) is 37.0 Å². The van der Waals surface area contributed by atoms with E-state index >= 15 is 0 Å². The fraction of sp³-hybridized carbons (Fsp3) is 0.500. The normalized spacial score (nSPS) is 16.8. The summed E-state index contributed by atoms with van der Waals surface area (Å²) in [6.45, 7) is 3.70. The second-order valence-electron chi connectivity index (χ2n) is 5.68. The van der Waals surface area contributed by atoms with Crippen molar-refractivity contribution in [3.63, 3.8) is 0 Å². The van der Waals surface area contributed by atoms with Crippen LogP contribution in [0, 0.1) is 5.92 Å². The summed E-state index contributed by atoms with van der Waals surface area (Å²) in [5.74, 6) is -0.317. The van der Waals surface area contributed by atoms with Gasteiger partial charge in [0.2, 0.25) is 15.9 Å². The summed E-state index contributed by atoms with van der Waals surface area (Å²) < 4.78 is 26.8. The van der Waals surface area contributed by atoms with Crippen molar-refractivity contribution in [2.24, 2.45) is 11.7 Å². The number of carbonyl (C=O) groups excluding carboxylic acids is 1. The summed E-state index contributed by atoms with van der Waals surface area (Å²) in [4.78, 5) is 12.0. The first-order chi connectivity index (χ1) is 9.79. The average Bonchev–Trinajstić information content (AvgIpc) is 3.21. The van der Waals surface area contributed by atoms with Gasteiger partial charge in [-0.3, -0.25) is 4.79 Å². The smallest absolute Gasteiger partial charge is 0.241 e. The van der Waals surface area contributed by atoms with E-state index in [-0.39, 0.29) is 22.8 Å². The Morgan fingerprint density at radius 2 is 2.00 bits per heavy atom. The van der Waals surface area contributed by atoms with Gasteiger partial charge in [-0.1, -0.05) is 19.9 Å². The lowest BCUT2D eigenvalue weighted by Gasteiger charge is -2.15. The number of amides is 1. The van der Waals surface area contributed by atoms with Crippen LogP contribution < -0.4 is 15.8 Å². The van der Waals surface area contributed by atoms with Crippen molar-refractivity contribution in [2.75, 3.05) is 5.32 Å². The molecule has 4 N–H and O–H groups in total. The predicted molar refractivity (Wildman–Crippen MR) is 81.2 cm³/mol. The molecular weight excluding hydrogens is 290 g/mol. The Kier molecular flexibility index (Phi) is 4.65. The molecule has 0 aromatic heterocycles. The van der Waals surface area contributed by atoms with Gasteiger partial charge in [0, 0.05) is 11.7 Å². The summed E-state index contributed by atoms with van der Waals surface area (Å²) in [6.07, 6.45) is 1.75. The van der Waals surface area contributed by atoms with Crippen molar-refractivity contribution in [3.8, 4) is 0 Å². The summed E-state index contributed by atoms with van der Waals surface area (Å²) in [6, 6.07) is 5.59. The number of hydrogen-bond acceptors (Lipinski definition) is 4. The highest BCUT2D eigenvalue weighted by atomic mass is 32.2. The Morgan fingerprint density at radius 1 is 1.33 bits per heavy atom.